The number of carbonyl (C=O) groups excluding carboxylic acids is 1. The number of amides is 1. The van der Waals surface area contributed by atoms with Crippen molar-refractivity contribution in [3.63, 3.8) is 0 Å². The standard InChI is InChI=1S/C18H14FNO3/c1-10-4-3-5-15(11(10)2)20-17(21)16-8-12-6-7-13(19)9-14(12)18(22)23-16/h3-9H,1-2H3,(H,20,21). The molecular formula is C18H14FNO3. The van der Waals surface area contributed by atoms with Gasteiger partial charge in [0.1, 0.15) is 5.82 Å². The SMILES string of the molecule is Cc1cccc(NC(=O)c2cc3ccc(F)cc3c(=O)o2)c1C. The van der Waals surface area contributed by atoms with E-state index in [0.717, 1.165) is 17.2 Å². The molecule has 1 heterocycles. The molecule has 0 aliphatic heterocycles. The highest BCUT2D eigenvalue weighted by Gasteiger charge is 2.14. The Labute approximate surface area is 131 Å². The maximum absolute atomic E-state index is 13.2. The molecule has 116 valence electrons. The highest BCUT2D eigenvalue weighted by molar-refractivity contribution is 6.04. The van der Waals surface area contributed by atoms with Crippen molar-refractivity contribution in [2.24, 2.45) is 0 Å². The van der Waals surface area contributed by atoms with Gasteiger partial charge >= 0.3 is 5.63 Å². The Balaban J connectivity index is 2.00. The van der Waals surface area contributed by atoms with Gasteiger partial charge in [0.25, 0.3) is 5.91 Å². The maximum Gasteiger partial charge on any atom is 0.344 e. The number of hydrogen-bond donors (Lipinski definition) is 1. The van der Waals surface area contributed by atoms with Gasteiger partial charge in [-0.05, 0) is 54.6 Å². The van der Waals surface area contributed by atoms with Crippen LogP contribution in [-0.2, 0) is 0 Å². The predicted molar refractivity (Wildman–Crippen MR) is 86.3 cm³/mol. The predicted octanol–water partition coefficient (Wildman–Crippen LogP) is 3.80. The third kappa shape index (κ3) is 2.85. The maximum atomic E-state index is 13.2. The fourth-order valence-electron chi connectivity index (χ4n) is 2.34. The zero-order valence-electron chi connectivity index (χ0n) is 12.6. The van der Waals surface area contributed by atoms with Crippen LogP contribution in [0.4, 0.5) is 10.1 Å². The molecular weight excluding hydrogens is 297 g/mol. The molecule has 0 bridgehead atoms. The second-order valence-electron chi connectivity index (χ2n) is 5.33. The molecule has 23 heavy (non-hydrogen) atoms. The van der Waals surface area contributed by atoms with Crippen LogP contribution in [0.15, 0.2) is 51.7 Å². The summed E-state index contributed by atoms with van der Waals surface area (Å²) >= 11 is 0. The van der Waals surface area contributed by atoms with Crippen LogP contribution in [0.5, 0.6) is 0 Å². The molecule has 0 saturated carbocycles. The molecule has 0 spiro atoms. The smallest absolute Gasteiger partial charge is 0.344 e. The van der Waals surface area contributed by atoms with E-state index in [-0.39, 0.29) is 11.1 Å². The molecule has 1 aromatic heterocycles. The summed E-state index contributed by atoms with van der Waals surface area (Å²) in [6, 6.07) is 10.7. The summed E-state index contributed by atoms with van der Waals surface area (Å²) in [5, 5.41) is 3.28. The van der Waals surface area contributed by atoms with Crippen molar-refractivity contribution in [1.82, 2.24) is 0 Å². The van der Waals surface area contributed by atoms with Crippen molar-refractivity contribution in [3.8, 4) is 0 Å². The first kappa shape index (κ1) is 15.0. The van der Waals surface area contributed by atoms with E-state index in [1.54, 1.807) is 6.07 Å². The number of anilines is 1. The normalized spacial score (nSPS) is 10.7. The van der Waals surface area contributed by atoms with Crippen molar-refractivity contribution in [2.45, 2.75) is 13.8 Å². The van der Waals surface area contributed by atoms with Crippen LogP contribution in [0.2, 0.25) is 0 Å². The molecule has 0 saturated heterocycles. The molecule has 4 nitrogen and oxygen atoms in total. The second kappa shape index (κ2) is 5.68. The quantitative estimate of drug-likeness (QED) is 0.783. The van der Waals surface area contributed by atoms with Gasteiger partial charge in [-0.2, -0.15) is 0 Å². The molecule has 3 aromatic rings. The van der Waals surface area contributed by atoms with E-state index in [1.165, 1.54) is 18.2 Å². The average molecular weight is 311 g/mol. The van der Waals surface area contributed by atoms with Gasteiger partial charge < -0.3 is 9.73 Å². The Morgan fingerprint density at radius 1 is 1.13 bits per heavy atom. The summed E-state index contributed by atoms with van der Waals surface area (Å²) in [7, 11) is 0. The van der Waals surface area contributed by atoms with Crippen molar-refractivity contribution >= 4 is 22.4 Å². The van der Waals surface area contributed by atoms with Gasteiger partial charge in [0.2, 0.25) is 0 Å². The van der Waals surface area contributed by atoms with Crippen LogP contribution < -0.4 is 10.9 Å². The van der Waals surface area contributed by atoms with Crippen LogP contribution in [0.25, 0.3) is 10.8 Å². The van der Waals surface area contributed by atoms with Crippen molar-refractivity contribution in [3.05, 3.63) is 75.6 Å². The molecule has 0 atom stereocenters. The lowest BCUT2D eigenvalue weighted by atomic mass is 10.1. The van der Waals surface area contributed by atoms with E-state index in [1.807, 2.05) is 26.0 Å². The third-order valence-corrected chi connectivity index (χ3v) is 3.80. The summed E-state index contributed by atoms with van der Waals surface area (Å²) < 4.78 is 18.2. The van der Waals surface area contributed by atoms with Gasteiger partial charge in [-0.15, -0.1) is 0 Å². The monoisotopic (exact) mass is 311 g/mol. The van der Waals surface area contributed by atoms with Crippen LogP contribution in [0.3, 0.4) is 0 Å². The summed E-state index contributed by atoms with van der Waals surface area (Å²) in [6.45, 7) is 3.83. The zero-order chi connectivity index (χ0) is 16.6. The Hall–Kier alpha value is -2.95. The Morgan fingerprint density at radius 3 is 2.70 bits per heavy atom. The van der Waals surface area contributed by atoms with Crippen LogP contribution in [0.1, 0.15) is 21.7 Å². The van der Waals surface area contributed by atoms with Crippen LogP contribution in [-0.4, -0.2) is 5.91 Å². The van der Waals surface area contributed by atoms with Crippen LogP contribution >= 0.6 is 0 Å². The van der Waals surface area contributed by atoms with Gasteiger partial charge in [0, 0.05) is 5.69 Å². The summed E-state index contributed by atoms with van der Waals surface area (Å²) in [6.07, 6.45) is 0. The lowest BCUT2D eigenvalue weighted by molar-refractivity contribution is 0.0993. The van der Waals surface area contributed by atoms with Gasteiger partial charge in [-0.1, -0.05) is 18.2 Å². The molecule has 1 amide bonds. The highest BCUT2D eigenvalue weighted by Crippen LogP contribution is 2.20. The first-order valence-corrected chi connectivity index (χ1v) is 7.06. The summed E-state index contributed by atoms with van der Waals surface area (Å²) in [5.41, 5.74) is 1.88. The molecule has 1 N–H and O–H groups in total. The molecule has 5 heteroatoms. The number of rotatable bonds is 2. The van der Waals surface area contributed by atoms with Gasteiger partial charge in [-0.3, -0.25) is 4.79 Å². The summed E-state index contributed by atoms with van der Waals surface area (Å²) in [5.74, 6) is -1.17. The fourth-order valence-corrected chi connectivity index (χ4v) is 2.34. The van der Waals surface area contributed by atoms with Crippen molar-refractivity contribution in [2.75, 3.05) is 5.32 Å². The lowest BCUT2D eigenvalue weighted by Crippen LogP contribution is -2.15. The first-order valence-electron chi connectivity index (χ1n) is 7.06. The minimum absolute atomic E-state index is 0.105. The van der Waals surface area contributed by atoms with Gasteiger partial charge in [-0.25, -0.2) is 9.18 Å². The minimum Gasteiger partial charge on any atom is -0.417 e. The average Bonchev–Trinajstić information content (AvgIpc) is 2.52. The minimum atomic E-state index is -0.742. The third-order valence-electron chi connectivity index (χ3n) is 3.80. The zero-order valence-corrected chi connectivity index (χ0v) is 12.6. The molecule has 0 aliphatic rings. The molecule has 0 radical (unpaired) electrons. The Kier molecular flexibility index (Phi) is 3.70. The molecule has 0 aliphatic carbocycles. The fraction of sp³-hybridized carbons (Fsp3) is 0.111. The number of hydrogen-bond acceptors (Lipinski definition) is 3. The lowest BCUT2D eigenvalue weighted by Gasteiger charge is -2.10. The number of carbonyl (C=O) groups is 1. The Morgan fingerprint density at radius 2 is 1.91 bits per heavy atom. The van der Waals surface area contributed by atoms with Gasteiger partial charge in [0.05, 0.1) is 5.39 Å². The van der Waals surface area contributed by atoms with E-state index in [4.69, 9.17) is 4.42 Å². The topological polar surface area (TPSA) is 59.3 Å². The highest BCUT2D eigenvalue weighted by atomic mass is 19.1. The van der Waals surface area contributed by atoms with E-state index in [9.17, 15) is 14.0 Å². The number of nitrogens with one attached hydrogen (secondary N) is 1. The van der Waals surface area contributed by atoms with E-state index in [2.05, 4.69) is 5.32 Å². The molecule has 2 aromatic carbocycles. The largest absolute Gasteiger partial charge is 0.417 e. The second-order valence-corrected chi connectivity index (χ2v) is 5.33. The van der Waals surface area contributed by atoms with Crippen LogP contribution in [0, 0.1) is 19.7 Å². The first-order chi connectivity index (χ1) is 11.0. The van der Waals surface area contributed by atoms with Crippen molar-refractivity contribution in [1.29, 1.82) is 0 Å². The van der Waals surface area contributed by atoms with E-state index >= 15 is 0 Å². The number of fused-ring (bicyclic) bond motifs is 1. The van der Waals surface area contributed by atoms with E-state index in [0.29, 0.717) is 11.1 Å². The summed E-state index contributed by atoms with van der Waals surface area (Å²) in [4.78, 5) is 24.2. The van der Waals surface area contributed by atoms with E-state index < -0.39 is 17.3 Å². The number of halogens is 1. The van der Waals surface area contributed by atoms with Crippen molar-refractivity contribution < 1.29 is 13.6 Å². The number of benzene rings is 2. The van der Waals surface area contributed by atoms with Gasteiger partial charge in [0.15, 0.2) is 5.76 Å². The molecule has 3 rings (SSSR count). The molecule has 0 unspecified atom stereocenters. The number of aryl methyl sites for hydroxylation is 1. The Bertz CT molecular complexity index is 976. The molecule has 0 fully saturated rings.